The first kappa shape index (κ1) is 18.2. The fraction of sp³-hybridized carbons (Fsp3) is 0.318. The summed E-state index contributed by atoms with van der Waals surface area (Å²) < 4.78 is 1.47. The van der Waals surface area contributed by atoms with Crippen LogP contribution in [-0.4, -0.2) is 38.7 Å². The Balaban J connectivity index is 1.51. The van der Waals surface area contributed by atoms with Gasteiger partial charge in [0.1, 0.15) is 0 Å². The summed E-state index contributed by atoms with van der Waals surface area (Å²) in [6.07, 6.45) is 6.31. The normalized spacial score (nSPS) is 16.9. The third kappa shape index (κ3) is 3.76. The van der Waals surface area contributed by atoms with Crippen molar-refractivity contribution in [3.8, 4) is 0 Å². The van der Waals surface area contributed by atoms with Gasteiger partial charge in [0.2, 0.25) is 0 Å². The molecule has 6 heteroatoms. The van der Waals surface area contributed by atoms with E-state index in [9.17, 15) is 9.59 Å². The topological polar surface area (TPSA) is 71.0 Å². The number of hydrogen-bond acceptors (Lipinski definition) is 3. The summed E-state index contributed by atoms with van der Waals surface area (Å²) in [5.74, 6) is 0.150. The first-order valence-corrected chi connectivity index (χ1v) is 9.64. The van der Waals surface area contributed by atoms with Crippen molar-refractivity contribution in [2.45, 2.75) is 25.2 Å². The summed E-state index contributed by atoms with van der Waals surface area (Å²) >= 11 is 0. The summed E-state index contributed by atoms with van der Waals surface area (Å²) in [5.41, 5.74) is 3.83. The number of hydrogen-bond donors (Lipinski definition) is 1. The maximum absolute atomic E-state index is 12.9. The number of piperidine rings is 1. The van der Waals surface area contributed by atoms with Gasteiger partial charge < -0.3 is 9.47 Å². The summed E-state index contributed by atoms with van der Waals surface area (Å²) in [5, 5.41) is 7.44. The van der Waals surface area contributed by atoms with Crippen molar-refractivity contribution in [2.75, 3.05) is 13.1 Å². The molecule has 0 unspecified atom stereocenters. The van der Waals surface area contributed by atoms with Crippen LogP contribution in [0.4, 0.5) is 0 Å². The van der Waals surface area contributed by atoms with Crippen LogP contribution in [0.1, 0.15) is 45.9 Å². The number of likely N-dealkylation sites (tertiary alicyclic amines) is 1. The van der Waals surface area contributed by atoms with Crippen molar-refractivity contribution in [1.29, 1.82) is 0 Å². The minimum atomic E-state index is -0.168. The van der Waals surface area contributed by atoms with Crippen LogP contribution in [-0.2, 0) is 13.5 Å². The molecular formula is C22H24N4O2. The van der Waals surface area contributed by atoms with Crippen LogP contribution in [0.15, 0.2) is 59.7 Å². The second-order valence-electron chi connectivity index (χ2n) is 7.43. The van der Waals surface area contributed by atoms with Crippen LogP contribution >= 0.6 is 0 Å². The minimum absolute atomic E-state index is 0.0773. The number of H-pyrrole nitrogens is 1. The molecule has 1 aliphatic rings. The number of carbonyl (C=O) groups excluding carboxylic acids is 1. The zero-order chi connectivity index (χ0) is 19.5. The maximum Gasteiger partial charge on any atom is 0.254 e. The standard InChI is InChI=1S/C22H24N4O2/c1-25-11-9-17(13-20(25)27)22(28)26-10-5-8-18(15-26)21-19(14-23-24-21)12-16-6-3-2-4-7-16/h2-4,6-7,9,11,13-14,18H,5,8,10,12,15H2,1H3,(H,23,24)/t18-/m0/s1. The quantitative estimate of drug-likeness (QED) is 0.761. The molecule has 1 atom stereocenters. The zero-order valence-electron chi connectivity index (χ0n) is 16.0. The lowest BCUT2D eigenvalue weighted by atomic mass is 9.90. The van der Waals surface area contributed by atoms with Gasteiger partial charge in [0.05, 0.1) is 6.20 Å². The first-order chi connectivity index (χ1) is 13.6. The summed E-state index contributed by atoms with van der Waals surface area (Å²) in [7, 11) is 1.68. The Morgan fingerprint density at radius 2 is 2.07 bits per heavy atom. The molecular weight excluding hydrogens is 352 g/mol. The third-order valence-corrected chi connectivity index (χ3v) is 5.46. The molecule has 0 aliphatic carbocycles. The van der Waals surface area contributed by atoms with Crippen molar-refractivity contribution in [1.82, 2.24) is 19.7 Å². The highest BCUT2D eigenvalue weighted by Gasteiger charge is 2.28. The lowest BCUT2D eigenvalue weighted by molar-refractivity contribution is 0.0705. The molecule has 28 heavy (non-hydrogen) atoms. The van der Waals surface area contributed by atoms with E-state index in [-0.39, 0.29) is 17.4 Å². The van der Waals surface area contributed by atoms with Crippen LogP contribution < -0.4 is 5.56 Å². The van der Waals surface area contributed by atoms with Crippen molar-refractivity contribution >= 4 is 5.91 Å². The molecule has 4 rings (SSSR count). The van der Waals surface area contributed by atoms with Crippen molar-refractivity contribution in [3.05, 3.63) is 87.6 Å². The minimum Gasteiger partial charge on any atom is -0.338 e. The number of aromatic nitrogens is 3. The van der Waals surface area contributed by atoms with Crippen LogP contribution in [0.3, 0.4) is 0 Å². The van der Waals surface area contributed by atoms with Gasteiger partial charge in [-0.3, -0.25) is 14.7 Å². The molecule has 1 N–H and O–H groups in total. The smallest absolute Gasteiger partial charge is 0.254 e. The Bertz CT molecular complexity index is 1020. The molecule has 1 saturated heterocycles. The maximum atomic E-state index is 12.9. The molecule has 3 heterocycles. The first-order valence-electron chi connectivity index (χ1n) is 9.64. The third-order valence-electron chi connectivity index (χ3n) is 5.46. The molecule has 0 bridgehead atoms. The van der Waals surface area contributed by atoms with Crippen LogP contribution in [0.2, 0.25) is 0 Å². The highest BCUT2D eigenvalue weighted by atomic mass is 16.2. The molecule has 0 radical (unpaired) electrons. The lowest BCUT2D eigenvalue weighted by Crippen LogP contribution is -2.39. The summed E-state index contributed by atoms with van der Waals surface area (Å²) in [6, 6.07) is 13.5. The van der Waals surface area contributed by atoms with Gasteiger partial charge in [0, 0.05) is 56.0 Å². The Morgan fingerprint density at radius 1 is 1.25 bits per heavy atom. The molecule has 0 saturated carbocycles. The fourth-order valence-corrected chi connectivity index (χ4v) is 3.89. The van der Waals surface area contributed by atoms with Gasteiger partial charge in [-0.05, 0) is 30.0 Å². The molecule has 3 aromatic rings. The van der Waals surface area contributed by atoms with E-state index in [1.165, 1.54) is 21.8 Å². The van der Waals surface area contributed by atoms with Crippen LogP contribution in [0, 0.1) is 0 Å². The molecule has 1 aliphatic heterocycles. The van der Waals surface area contributed by atoms with E-state index in [0.29, 0.717) is 18.7 Å². The zero-order valence-corrected chi connectivity index (χ0v) is 16.0. The van der Waals surface area contributed by atoms with Crippen molar-refractivity contribution in [3.63, 3.8) is 0 Å². The number of benzene rings is 1. The van der Waals surface area contributed by atoms with Crippen LogP contribution in [0.25, 0.3) is 0 Å². The van der Waals surface area contributed by atoms with Gasteiger partial charge in [-0.1, -0.05) is 30.3 Å². The summed E-state index contributed by atoms with van der Waals surface area (Å²) in [4.78, 5) is 26.6. The monoisotopic (exact) mass is 376 g/mol. The molecule has 0 spiro atoms. The van der Waals surface area contributed by atoms with Gasteiger partial charge in [0.25, 0.3) is 11.5 Å². The SMILES string of the molecule is Cn1ccc(C(=O)N2CCC[C@H](c3[nH]ncc3Cc3ccccc3)C2)cc1=O. The number of pyridine rings is 1. The number of amides is 1. The van der Waals surface area contributed by atoms with Gasteiger partial charge in [-0.25, -0.2) is 0 Å². The molecule has 2 aromatic heterocycles. The Labute approximate surface area is 163 Å². The second kappa shape index (κ2) is 7.84. The number of nitrogens with zero attached hydrogens (tertiary/aromatic N) is 3. The van der Waals surface area contributed by atoms with Gasteiger partial charge in [-0.15, -0.1) is 0 Å². The van der Waals surface area contributed by atoms with E-state index < -0.39 is 0 Å². The highest BCUT2D eigenvalue weighted by molar-refractivity contribution is 5.94. The van der Waals surface area contributed by atoms with E-state index >= 15 is 0 Å². The van der Waals surface area contributed by atoms with Gasteiger partial charge in [-0.2, -0.15) is 5.10 Å². The largest absolute Gasteiger partial charge is 0.338 e. The second-order valence-corrected chi connectivity index (χ2v) is 7.43. The lowest BCUT2D eigenvalue weighted by Gasteiger charge is -2.33. The predicted molar refractivity (Wildman–Crippen MR) is 107 cm³/mol. The number of aryl methyl sites for hydroxylation is 1. The summed E-state index contributed by atoms with van der Waals surface area (Å²) in [6.45, 7) is 1.35. The van der Waals surface area contributed by atoms with E-state index in [1.807, 2.05) is 29.3 Å². The molecule has 1 amide bonds. The van der Waals surface area contributed by atoms with Crippen LogP contribution in [0.5, 0.6) is 0 Å². The Morgan fingerprint density at radius 3 is 2.86 bits per heavy atom. The predicted octanol–water partition coefficient (Wildman–Crippen LogP) is 2.72. The van der Waals surface area contributed by atoms with E-state index in [1.54, 1.807) is 19.3 Å². The number of nitrogens with one attached hydrogen (secondary N) is 1. The molecule has 1 aromatic carbocycles. The number of rotatable bonds is 4. The van der Waals surface area contributed by atoms with Crippen molar-refractivity contribution in [2.24, 2.45) is 7.05 Å². The van der Waals surface area contributed by atoms with E-state index in [2.05, 4.69) is 22.3 Å². The van der Waals surface area contributed by atoms with Crippen molar-refractivity contribution < 1.29 is 4.79 Å². The highest BCUT2D eigenvalue weighted by Crippen LogP contribution is 2.29. The number of aromatic amines is 1. The van der Waals surface area contributed by atoms with Gasteiger partial charge in [0.15, 0.2) is 0 Å². The average molecular weight is 376 g/mol. The molecule has 144 valence electrons. The molecule has 1 fully saturated rings. The van der Waals surface area contributed by atoms with E-state index in [0.717, 1.165) is 25.0 Å². The number of carbonyl (C=O) groups is 1. The Hall–Kier alpha value is -3.15. The molecule has 6 nitrogen and oxygen atoms in total. The van der Waals surface area contributed by atoms with E-state index in [4.69, 9.17) is 0 Å². The average Bonchev–Trinajstić information content (AvgIpc) is 3.18. The van der Waals surface area contributed by atoms with Gasteiger partial charge >= 0.3 is 0 Å². The Kier molecular flexibility index (Phi) is 5.10. The fourth-order valence-electron chi connectivity index (χ4n) is 3.89.